The molecule has 0 saturated heterocycles. The van der Waals surface area contributed by atoms with Crippen LogP contribution in [0.5, 0.6) is 0 Å². The molecule has 0 bridgehead atoms. The van der Waals surface area contributed by atoms with Gasteiger partial charge in [-0.15, -0.1) is 0 Å². The average molecular weight is 289 g/mol. The molecular weight excluding hydrogens is 266 g/mol. The fourth-order valence-corrected chi connectivity index (χ4v) is 3.77. The molecule has 2 aliphatic rings. The van der Waals surface area contributed by atoms with E-state index < -0.39 is 6.10 Å². The van der Waals surface area contributed by atoms with Crippen molar-refractivity contribution in [2.75, 3.05) is 20.3 Å². The first-order valence-electron chi connectivity index (χ1n) is 7.70. The average Bonchev–Trinajstić information content (AvgIpc) is 3.21. The van der Waals surface area contributed by atoms with E-state index in [2.05, 4.69) is 29.6 Å². The second kappa shape index (κ2) is 5.78. The molecule has 2 N–H and O–H groups in total. The molecule has 0 aliphatic heterocycles. The Morgan fingerprint density at radius 3 is 3.14 bits per heavy atom. The van der Waals surface area contributed by atoms with Crippen molar-refractivity contribution in [2.45, 2.75) is 37.2 Å². The predicted octanol–water partition coefficient (Wildman–Crippen LogP) is 1.40. The van der Waals surface area contributed by atoms with Crippen LogP contribution in [0, 0.1) is 5.92 Å². The molecule has 3 atom stereocenters. The van der Waals surface area contributed by atoms with Crippen LogP contribution in [-0.2, 0) is 21.4 Å². The molecule has 114 valence electrons. The van der Waals surface area contributed by atoms with E-state index in [0.717, 1.165) is 25.7 Å². The van der Waals surface area contributed by atoms with Gasteiger partial charge in [-0.05, 0) is 36.8 Å². The summed E-state index contributed by atoms with van der Waals surface area (Å²) in [7, 11) is 1.54. The summed E-state index contributed by atoms with van der Waals surface area (Å²) in [5.74, 6) is 0.135. The van der Waals surface area contributed by atoms with Crippen molar-refractivity contribution in [3.05, 3.63) is 35.4 Å². The van der Waals surface area contributed by atoms with Crippen molar-refractivity contribution in [3.63, 3.8) is 0 Å². The molecular formula is C17H23NO3. The highest BCUT2D eigenvalue weighted by molar-refractivity contribution is 5.84. The first kappa shape index (κ1) is 14.5. The highest BCUT2D eigenvalue weighted by Crippen LogP contribution is 2.60. The van der Waals surface area contributed by atoms with E-state index in [4.69, 9.17) is 4.74 Å². The molecule has 1 saturated carbocycles. The van der Waals surface area contributed by atoms with Crippen LogP contribution in [0.3, 0.4) is 0 Å². The number of rotatable bonds is 5. The van der Waals surface area contributed by atoms with Crippen LogP contribution in [0.2, 0.25) is 0 Å². The van der Waals surface area contributed by atoms with E-state index in [9.17, 15) is 9.90 Å². The molecule has 1 spiro atoms. The third-order valence-corrected chi connectivity index (χ3v) is 4.89. The third-order valence-electron chi connectivity index (χ3n) is 4.89. The molecule has 3 unspecified atom stereocenters. The summed E-state index contributed by atoms with van der Waals surface area (Å²) in [6, 6.07) is 8.52. The number of aryl methyl sites for hydroxylation is 1. The van der Waals surface area contributed by atoms with E-state index in [1.807, 2.05) is 0 Å². The van der Waals surface area contributed by atoms with Crippen molar-refractivity contribution in [2.24, 2.45) is 5.92 Å². The number of ether oxygens (including phenoxy) is 1. The number of benzene rings is 1. The Labute approximate surface area is 125 Å². The fourth-order valence-electron chi connectivity index (χ4n) is 3.77. The molecule has 3 rings (SSSR count). The highest BCUT2D eigenvalue weighted by atomic mass is 16.5. The molecule has 1 aromatic carbocycles. The number of nitrogens with one attached hydrogen (secondary N) is 1. The Hall–Kier alpha value is -1.39. The molecule has 2 aliphatic carbocycles. The Morgan fingerprint density at radius 1 is 1.52 bits per heavy atom. The first-order valence-corrected chi connectivity index (χ1v) is 7.70. The number of hydrogen-bond donors (Lipinski definition) is 2. The zero-order chi connectivity index (χ0) is 14.9. The second-order valence-corrected chi connectivity index (χ2v) is 6.28. The molecule has 0 radical (unpaired) electrons. The SMILES string of the molecule is COCC(O)CNC(=O)C1CC12CCCc1ccccc12. The summed E-state index contributed by atoms with van der Waals surface area (Å²) in [5, 5.41) is 12.5. The van der Waals surface area contributed by atoms with Gasteiger partial charge in [-0.2, -0.15) is 0 Å². The van der Waals surface area contributed by atoms with Gasteiger partial charge < -0.3 is 15.2 Å². The van der Waals surface area contributed by atoms with E-state index in [1.54, 1.807) is 7.11 Å². The van der Waals surface area contributed by atoms with Crippen LogP contribution in [0.25, 0.3) is 0 Å². The molecule has 1 fully saturated rings. The van der Waals surface area contributed by atoms with E-state index >= 15 is 0 Å². The van der Waals surface area contributed by atoms with Gasteiger partial charge in [0.25, 0.3) is 0 Å². The lowest BCUT2D eigenvalue weighted by atomic mass is 9.78. The summed E-state index contributed by atoms with van der Waals surface area (Å²) >= 11 is 0. The van der Waals surface area contributed by atoms with Crippen molar-refractivity contribution < 1.29 is 14.6 Å². The van der Waals surface area contributed by atoms with Crippen molar-refractivity contribution >= 4 is 5.91 Å². The van der Waals surface area contributed by atoms with E-state index in [1.165, 1.54) is 11.1 Å². The number of aliphatic hydroxyl groups excluding tert-OH is 1. The van der Waals surface area contributed by atoms with Gasteiger partial charge in [0.2, 0.25) is 5.91 Å². The van der Waals surface area contributed by atoms with Gasteiger partial charge in [0.1, 0.15) is 0 Å². The third kappa shape index (κ3) is 2.70. The van der Waals surface area contributed by atoms with Crippen LogP contribution in [0.4, 0.5) is 0 Å². The zero-order valence-electron chi connectivity index (χ0n) is 12.5. The maximum atomic E-state index is 12.3. The van der Waals surface area contributed by atoms with Crippen LogP contribution < -0.4 is 5.32 Å². The number of carbonyl (C=O) groups excluding carboxylic acids is 1. The van der Waals surface area contributed by atoms with Gasteiger partial charge in [-0.25, -0.2) is 0 Å². The first-order chi connectivity index (χ1) is 10.2. The fraction of sp³-hybridized carbons (Fsp3) is 0.588. The summed E-state index contributed by atoms with van der Waals surface area (Å²) in [6.07, 6.45) is 3.69. The summed E-state index contributed by atoms with van der Waals surface area (Å²) < 4.78 is 4.87. The van der Waals surface area contributed by atoms with Crippen LogP contribution in [0.1, 0.15) is 30.4 Å². The van der Waals surface area contributed by atoms with E-state index in [0.29, 0.717) is 0 Å². The van der Waals surface area contributed by atoms with Crippen molar-refractivity contribution in [3.8, 4) is 0 Å². The molecule has 0 heterocycles. The quantitative estimate of drug-likeness (QED) is 0.861. The second-order valence-electron chi connectivity index (χ2n) is 6.28. The minimum Gasteiger partial charge on any atom is -0.389 e. The Balaban J connectivity index is 1.65. The van der Waals surface area contributed by atoms with Gasteiger partial charge in [0, 0.05) is 25.0 Å². The normalized spacial score (nSPS) is 28.0. The predicted molar refractivity (Wildman–Crippen MR) is 80.1 cm³/mol. The van der Waals surface area contributed by atoms with E-state index in [-0.39, 0.29) is 30.4 Å². The number of amides is 1. The molecule has 0 aromatic heterocycles. The number of aliphatic hydroxyl groups is 1. The number of fused-ring (bicyclic) bond motifs is 2. The number of methoxy groups -OCH3 is 1. The minimum absolute atomic E-state index is 0.0607. The maximum absolute atomic E-state index is 12.3. The lowest BCUT2D eigenvalue weighted by molar-refractivity contribution is -0.123. The monoisotopic (exact) mass is 289 g/mol. The van der Waals surface area contributed by atoms with Crippen LogP contribution >= 0.6 is 0 Å². The van der Waals surface area contributed by atoms with Gasteiger partial charge in [0.15, 0.2) is 0 Å². The summed E-state index contributed by atoms with van der Waals surface area (Å²) in [6.45, 7) is 0.514. The highest BCUT2D eigenvalue weighted by Gasteiger charge is 2.59. The Bertz CT molecular complexity index is 531. The van der Waals surface area contributed by atoms with Gasteiger partial charge in [-0.3, -0.25) is 4.79 Å². The van der Waals surface area contributed by atoms with Crippen molar-refractivity contribution in [1.29, 1.82) is 0 Å². The molecule has 21 heavy (non-hydrogen) atoms. The van der Waals surface area contributed by atoms with Gasteiger partial charge in [-0.1, -0.05) is 24.3 Å². The number of hydrogen-bond acceptors (Lipinski definition) is 3. The standard InChI is InChI=1S/C17H23NO3/c1-21-11-13(19)10-18-16(20)15-9-17(15)8-4-6-12-5-2-3-7-14(12)17/h2-3,5,7,13,15,19H,4,6,8-11H2,1H3,(H,18,20). The largest absolute Gasteiger partial charge is 0.389 e. The van der Waals surface area contributed by atoms with Gasteiger partial charge >= 0.3 is 0 Å². The molecule has 4 nitrogen and oxygen atoms in total. The summed E-state index contributed by atoms with van der Waals surface area (Å²) in [5.41, 5.74) is 2.83. The molecule has 1 amide bonds. The lowest BCUT2D eigenvalue weighted by Gasteiger charge is -2.26. The van der Waals surface area contributed by atoms with Gasteiger partial charge in [0.05, 0.1) is 12.7 Å². The maximum Gasteiger partial charge on any atom is 0.224 e. The number of carbonyl (C=O) groups is 1. The van der Waals surface area contributed by atoms with Crippen LogP contribution in [-0.4, -0.2) is 37.4 Å². The molecule has 4 heteroatoms. The Morgan fingerprint density at radius 2 is 2.33 bits per heavy atom. The summed E-state index contributed by atoms with van der Waals surface area (Å²) in [4.78, 5) is 12.3. The molecule has 1 aromatic rings. The lowest BCUT2D eigenvalue weighted by Crippen LogP contribution is -2.37. The van der Waals surface area contributed by atoms with Crippen LogP contribution in [0.15, 0.2) is 24.3 Å². The Kier molecular flexibility index (Phi) is 4.00. The minimum atomic E-state index is -0.632. The smallest absolute Gasteiger partial charge is 0.224 e. The topological polar surface area (TPSA) is 58.6 Å². The van der Waals surface area contributed by atoms with Crippen molar-refractivity contribution in [1.82, 2.24) is 5.32 Å². The zero-order valence-corrected chi connectivity index (χ0v) is 12.5.